The number of halogens is 1. The molecule has 0 saturated carbocycles. The van der Waals surface area contributed by atoms with E-state index in [1.807, 2.05) is 24.3 Å². The largest absolute Gasteiger partial charge is 0.348 e. The van der Waals surface area contributed by atoms with Crippen molar-refractivity contribution in [2.75, 3.05) is 11.4 Å². The summed E-state index contributed by atoms with van der Waals surface area (Å²) in [6.45, 7) is 1.16. The maximum absolute atomic E-state index is 12.1. The molecule has 0 bridgehead atoms. The molecule has 2 aromatic rings. The molecule has 118 valence electrons. The van der Waals surface area contributed by atoms with Crippen molar-refractivity contribution in [3.8, 4) is 0 Å². The van der Waals surface area contributed by atoms with E-state index >= 15 is 0 Å². The molecule has 0 spiro atoms. The van der Waals surface area contributed by atoms with Crippen LogP contribution in [0.5, 0.6) is 0 Å². The van der Waals surface area contributed by atoms with E-state index in [2.05, 4.69) is 10.3 Å². The third kappa shape index (κ3) is 3.51. The van der Waals surface area contributed by atoms with Crippen molar-refractivity contribution in [2.45, 2.75) is 19.4 Å². The quantitative estimate of drug-likeness (QED) is 0.877. The van der Waals surface area contributed by atoms with Crippen LogP contribution in [0.1, 0.15) is 28.8 Å². The van der Waals surface area contributed by atoms with Crippen LogP contribution in [-0.2, 0) is 11.3 Å². The number of aromatic nitrogens is 1. The Labute approximate surface area is 139 Å². The summed E-state index contributed by atoms with van der Waals surface area (Å²) in [5.74, 6) is -0.0980. The number of pyridine rings is 1. The van der Waals surface area contributed by atoms with Gasteiger partial charge in [-0.05, 0) is 36.2 Å². The summed E-state index contributed by atoms with van der Waals surface area (Å²) in [4.78, 5) is 29.5. The summed E-state index contributed by atoms with van der Waals surface area (Å²) in [5, 5.41) is 3.00. The standard InChI is InChI=1S/C17H16ClN3O2/c18-16-14(3-1-9-19-16)17(23)20-11-12-5-7-13(8-6-12)21-10-2-4-15(21)22/h1,3,5-9H,2,4,10-11H2,(H,20,23). The number of rotatable bonds is 4. The molecule has 3 rings (SSSR count). The lowest BCUT2D eigenvalue weighted by Crippen LogP contribution is -2.24. The van der Waals surface area contributed by atoms with E-state index in [0.717, 1.165) is 24.2 Å². The highest BCUT2D eigenvalue weighted by atomic mass is 35.5. The Bertz CT molecular complexity index is 731. The molecule has 1 N–H and O–H groups in total. The van der Waals surface area contributed by atoms with E-state index in [4.69, 9.17) is 11.6 Å². The zero-order chi connectivity index (χ0) is 16.2. The fraction of sp³-hybridized carbons (Fsp3) is 0.235. The minimum atomic E-state index is -0.262. The second kappa shape index (κ2) is 6.79. The number of carbonyl (C=O) groups is 2. The van der Waals surface area contributed by atoms with Crippen LogP contribution in [0.2, 0.25) is 5.15 Å². The fourth-order valence-corrected chi connectivity index (χ4v) is 2.75. The molecule has 6 heteroatoms. The van der Waals surface area contributed by atoms with Gasteiger partial charge in [0.25, 0.3) is 5.91 Å². The normalized spacial score (nSPS) is 14.1. The van der Waals surface area contributed by atoms with Crippen molar-refractivity contribution in [1.82, 2.24) is 10.3 Å². The molecule has 1 aromatic heterocycles. The van der Waals surface area contributed by atoms with Crippen LogP contribution >= 0.6 is 11.6 Å². The van der Waals surface area contributed by atoms with Crippen molar-refractivity contribution in [2.24, 2.45) is 0 Å². The van der Waals surface area contributed by atoms with Crippen LogP contribution in [0.25, 0.3) is 0 Å². The second-order valence-corrected chi connectivity index (χ2v) is 5.70. The number of hydrogen-bond donors (Lipinski definition) is 1. The highest BCUT2D eigenvalue weighted by Gasteiger charge is 2.21. The van der Waals surface area contributed by atoms with Gasteiger partial charge in [-0.1, -0.05) is 23.7 Å². The van der Waals surface area contributed by atoms with Crippen molar-refractivity contribution in [3.63, 3.8) is 0 Å². The molecule has 1 aromatic carbocycles. The zero-order valence-electron chi connectivity index (χ0n) is 12.5. The van der Waals surface area contributed by atoms with Gasteiger partial charge in [-0.3, -0.25) is 9.59 Å². The van der Waals surface area contributed by atoms with E-state index < -0.39 is 0 Å². The number of nitrogens with zero attached hydrogens (tertiary/aromatic N) is 2. The molecule has 0 atom stereocenters. The first-order valence-electron chi connectivity index (χ1n) is 7.43. The first kappa shape index (κ1) is 15.5. The topological polar surface area (TPSA) is 62.3 Å². The molecule has 1 fully saturated rings. The zero-order valence-corrected chi connectivity index (χ0v) is 13.2. The van der Waals surface area contributed by atoms with Gasteiger partial charge < -0.3 is 10.2 Å². The summed E-state index contributed by atoms with van der Waals surface area (Å²) >= 11 is 5.90. The lowest BCUT2D eigenvalue weighted by Gasteiger charge is -2.16. The third-order valence-electron chi connectivity index (χ3n) is 3.78. The van der Waals surface area contributed by atoms with Gasteiger partial charge >= 0.3 is 0 Å². The average Bonchev–Trinajstić information content (AvgIpc) is 2.99. The lowest BCUT2D eigenvalue weighted by molar-refractivity contribution is -0.117. The van der Waals surface area contributed by atoms with E-state index in [0.29, 0.717) is 18.5 Å². The van der Waals surface area contributed by atoms with Crippen molar-refractivity contribution >= 4 is 29.1 Å². The summed E-state index contributed by atoms with van der Waals surface area (Å²) in [6, 6.07) is 10.9. The maximum atomic E-state index is 12.1. The maximum Gasteiger partial charge on any atom is 0.254 e. The molecular formula is C17H16ClN3O2. The molecule has 1 aliphatic rings. The number of hydrogen-bond acceptors (Lipinski definition) is 3. The van der Waals surface area contributed by atoms with Gasteiger partial charge in [0.1, 0.15) is 5.15 Å². The first-order valence-corrected chi connectivity index (χ1v) is 7.81. The van der Waals surface area contributed by atoms with Crippen LogP contribution in [0.4, 0.5) is 5.69 Å². The van der Waals surface area contributed by atoms with Crippen LogP contribution in [-0.4, -0.2) is 23.3 Å². The molecule has 23 heavy (non-hydrogen) atoms. The molecule has 1 aliphatic heterocycles. The van der Waals surface area contributed by atoms with E-state index in [1.165, 1.54) is 6.20 Å². The molecule has 2 heterocycles. The SMILES string of the molecule is O=C(NCc1ccc(N2CCCC2=O)cc1)c1cccnc1Cl. The third-order valence-corrected chi connectivity index (χ3v) is 4.08. The van der Waals surface area contributed by atoms with E-state index in [9.17, 15) is 9.59 Å². The highest BCUT2D eigenvalue weighted by Crippen LogP contribution is 2.21. The van der Waals surface area contributed by atoms with Crippen LogP contribution in [0, 0.1) is 0 Å². The molecule has 1 saturated heterocycles. The predicted octanol–water partition coefficient (Wildman–Crippen LogP) is 2.79. The van der Waals surface area contributed by atoms with Gasteiger partial charge in [0, 0.05) is 31.4 Å². The number of anilines is 1. The second-order valence-electron chi connectivity index (χ2n) is 5.34. The van der Waals surface area contributed by atoms with Gasteiger partial charge in [0.05, 0.1) is 5.56 Å². The summed E-state index contributed by atoms with van der Waals surface area (Å²) in [5.41, 5.74) is 2.21. The van der Waals surface area contributed by atoms with E-state index in [-0.39, 0.29) is 17.0 Å². The fourth-order valence-electron chi connectivity index (χ4n) is 2.55. The van der Waals surface area contributed by atoms with Crippen molar-refractivity contribution in [3.05, 3.63) is 58.9 Å². The number of amides is 2. The molecule has 0 radical (unpaired) electrons. The van der Waals surface area contributed by atoms with E-state index in [1.54, 1.807) is 17.0 Å². The Balaban J connectivity index is 1.62. The first-order chi connectivity index (χ1) is 11.1. The van der Waals surface area contributed by atoms with Crippen molar-refractivity contribution in [1.29, 1.82) is 0 Å². The molecular weight excluding hydrogens is 314 g/mol. The average molecular weight is 330 g/mol. The summed E-state index contributed by atoms with van der Waals surface area (Å²) in [6.07, 6.45) is 3.06. The Hall–Kier alpha value is -2.40. The van der Waals surface area contributed by atoms with Gasteiger partial charge in [0.15, 0.2) is 0 Å². The summed E-state index contributed by atoms with van der Waals surface area (Å²) in [7, 11) is 0. The van der Waals surface area contributed by atoms with Crippen LogP contribution in [0.3, 0.4) is 0 Å². The van der Waals surface area contributed by atoms with Crippen molar-refractivity contribution < 1.29 is 9.59 Å². The number of nitrogens with one attached hydrogen (secondary N) is 1. The minimum Gasteiger partial charge on any atom is -0.348 e. The van der Waals surface area contributed by atoms with Gasteiger partial charge in [0.2, 0.25) is 5.91 Å². The van der Waals surface area contributed by atoms with Gasteiger partial charge in [-0.15, -0.1) is 0 Å². The molecule has 5 nitrogen and oxygen atoms in total. The highest BCUT2D eigenvalue weighted by molar-refractivity contribution is 6.32. The molecule has 2 amide bonds. The lowest BCUT2D eigenvalue weighted by atomic mass is 10.2. The molecule has 0 aliphatic carbocycles. The minimum absolute atomic E-state index is 0.164. The van der Waals surface area contributed by atoms with Crippen LogP contribution < -0.4 is 10.2 Å². The Kier molecular flexibility index (Phi) is 4.57. The summed E-state index contributed by atoms with van der Waals surface area (Å²) < 4.78 is 0. The number of carbonyl (C=O) groups excluding carboxylic acids is 2. The van der Waals surface area contributed by atoms with Gasteiger partial charge in [-0.2, -0.15) is 0 Å². The Morgan fingerprint density at radius 3 is 2.70 bits per heavy atom. The number of benzene rings is 1. The molecule has 0 unspecified atom stereocenters. The Morgan fingerprint density at radius 2 is 2.04 bits per heavy atom. The Morgan fingerprint density at radius 1 is 1.26 bits per heavy atom. The monoisotopic (exact) mass is 329 g/mol. The van der Waals surface area contributed by atoms with Crippen LogP contribution in [0.15, 0.2) is 42.6 Å². The van der Waals surface area contributed by atoms with Gasteiger partial charge in [-0.25, -0.2) is 4.98 Å². The predicted molar refractivity (Wildman–Crippen MR) is 88.4 cm³/mol. The smallest absolute Gasteiger partial charge is 0.254 e.